The van der Waals surface area contributed by atoms with E-state index in [0.29, 0.717) is 0 Å². The highest BCUT2D eigenvalue weighted by Crippen LogP contribution is 2.25. The summed E-state index contributed by atoms with van der Waals surface area (Å²) in [5.41, 5.74) is -0.520. The molecular weight excluding hydrogens is 188 g/mol. The third-order valence-electron chi connectivity index (χ3n) is 1.23. The van der Waals surface area contributed by atoms with Crippen LogP contribution in [0.2, 0.25) is 0 Å². The Kier molecular flexibility index (Phi) is 2.61. The minimum absolute atomic E-state index is 0.0146. The number of hydrogen-bond acceptors (Lipinski definition) is 4. The number of hydrogen-bond donors (Lipinski definition) is 1. The fourth-order valence-electron chi connectivity index (χ4n) is 0.780. The number of thiophene rings is 1. The topological polar surface area (TPSA) is 46.5 Å². The molecule has 0 aromatic carbocycles. The van der Waals surface area contributed by atoms with Crippen LogP contribution in [0.4, 0.5) is 0 Å². The van der Waals surface area contributed by atoms with Crippen molar-refractivity contribution in [3.8, 4) is 5.75 Å². The summed E-state index contributed by atoms with van der Waals surface area (Å²) in [5, 5.41) is 10.9. The highest BCUT2D eigenvalue weighted by molar-refractivity contribution is 7.12. The minimum atomic E-state index is -0.520. The molecule has 0 bridgehead atoms. The second kappa shape index (κ2) is 3.38. The molecule has 1 aromatic heterocycles. The van der Waals surface area contributed by atoms with Gasteiger partial charge >= 0.3 is 5.97 Å². The number of carbonyl (C=O) groups excluding carboxylic acids is 1. The van der Waals surface area contributed by atoms with E-state index in [9.17, 15) is 9.90 Å². The van der Waals surface area contributed by atoms with Crippen molar-refractivity contribution in [1.82, 2.24) is 0 Å². The lowest BCUT2D eigenvalue weighted by atomic mass is 10.2. The highest BCUT2D eigenvalue weighted by atomic mass is 32.1. The standard InChI is InChI=1S/C9H12O3S/c1-9(2,3)12-8(11)7-6(10)4-5-13-7/h4-5,10H,1-3H3. The van der Waals surface area contributed by atoms with Gasteiger partial charge in [0.2, 0.25) is 0 Å². The SMILES string of the molecule is CC(C)(C)OC(=O)c1sccc1O. The maximum atomic E-state index is 11.4. The largest absolute Gasteiger partial charge is 0.506 e. The monoisotopic (exact) mass is 200 g/mol. The van der Waals surface area contributed by atoms with Gasteiger partial charge in [-0.1, -0.05) is 0 Å². The molecule has 1 aromatic rings. The lowest BCUT2D eigenvalue weighted by molar-refractivity contribution is 0.00728. The summed E-state index contributed by atoms with van der Waals surface area (Å²) in [6.45, 7) is 5.36. The van der Waals surface area contributed by atoms with E-state index in [1.54, 1.807) is 26.2 Å². The number of carbonyl (C=O) groups is 1. The molecule has 0 spiro atoms. The minimum Gasteiger partial charge on any atom is -0.506 e. The molecule has 0 aliphatic heterocycles. The van der Waals surface area contributed by atoms with Crippen molar-refractivity contribution < 1.29 is 14.6 Å². The number of aromatic hydroxyl groups is 1. The van der Waals surface area contributed by atoms with Crippen molar-refractivity contribution in [1.29, 1.82) is 0 Å². The van der Waals surface area contributed by atoms with Crippen LogP contribution in [-0.2, 0) is 4.74 Å². The van der Waals surface area contributed by atoms with Gasteiger partial charge in [-0.2, -0.15) is 0 Å². The summed E-state index contributed by atoms with van der Waals surface area (Å²) in [6.07, 6.45) is 0. The van der Waals surface area contributed by atoms with Gasteiger partial charge in [0.1, 0.15) is 11.4 Å². The van der Waals surface area contributed by atoms with Crippen LogP contribution in [0.25, 0.3) is 0 Å². The summed E-state index contributed by atoms with van der Waals surface area (Å²) in [7, 11) is 0. The van der Waals surface area contributed by atoms with Crippen molar-refractivity contribution in [3.63, 3.8) is 0 Å². The molecule has 1 heterocycles. The lowest BCUT2D eigenvalue weighted by Gasteiger charge is -2.18. The average Bonchev–Trinajstić information content (AvgIpc) is 2.30. The summed E-state index contributed by atoms with van der Waals surface area (Å²) in [5.74, 6) is -0.487. The summed E-state index contributed by atoms with van der Waals surface area (Å²) >= 11 is 1.17. The van der Waals surface area contributed by atoms with Crippen molar-refractivity contribution in [2.24, 2.45) is 0 Å². The zero-order valence-electron chi connectivity index (χ0n) is 7.83. The van der Waals surface area contributed by atoms with Crippen LogP contribution in [0.1, 0.15) is 30.4 Å². The summed E-state index contributed by atoms with van der Waals surface area (Å²) in [4.78, 5) is 11.6. The molecule has 0 saturated heterocycles. The Hall–Kier alpha value is -1.03. The van der Waals surface area contributed by atoms with Gasteiger partial charge in [-0.3, -0.25) is 0 Å². The molecule has 13 heavy (non-hydrogen) atoms. The van der Waals surface area contributed by atoms with Gasteiger partial charge < -0.3 is 9.84 Å². The Morgan fingerprint density at radius 2 is 2.15 bits per heavy atom. The van der Waals surface area contributed by atoms with Gasteiger partial charge in [-0.15, -0.1) is 11.3 Å². The van der Waals surface area contributed by atoms with Crippen molar-refractivity contribution in [2.45, 2.75) is 26.4 Å². The molecule has 1 rings (SSSR count). The molecular formula is C9H12O3S. The number of ether oxygens (including phenoxy) is 1. The Bertz CT molecular complexity index is 309. The molecule has 0 saturated carbocycles. The molecule has 0 aliphatic rings. The van der Waals surface area contributed by atoms with E-state index in [2.05, 4.69) is 0 Å². The van der Waals surface area contributed by atoms with Gasteiger partial charge in [0.15, 0.2) is 4.88 Å². The zero-order chi connectivity index (χ0) is 10.1. The van der Waals surface area contributed by atoms with Crippen LogP contribution < -0.4 is 0 Å². The van der Waals surface area contributed by atoms with E-state index in [1.165, 1.54) is 17.4 Å². The third-order valence-corrected chi connectivity index (χ3v) is 2.11. The molecule has 0 fully saturated rings. The van der Waals surface area contributed by atoms with Crippen LogP contribution in [0.5, 0.6) is 5.75 Å². The van der Waals surface area contributed by atoms with Gasteiger partial charge in [-0.25, -0.2) is 4.79 Å². The number of rotatable bonds is 1. The van der Waals surface area contributed by atoms with E-state index >= 15 is 0 Å². The lowest BCUT2D eigenvalue weighted by Crippen LogP contribution is -2.23. The van der Waals surface area contributed by atoms with Gasteiger partial charge in [0, 0.05) is 0 Å². The Morgan fingerprint density at radius 3 is 2.54 bits per heavy atom. The van der Waals surface area contributed by atoms with Gasteiger partial charge in [-0.05, 0) is 32.2 Å². The van der Waals surface area contributed by atoms with Crippen molar-refractivity contribution in [2.75, 3.05) is 0 Å². The molecule has 0 aliphatic carbocycles. The van der Waals surface area contributed by atoms with Crippen LogP contribution in [0.15, 0.2) is 11.4 Å². The predicted molar refractivity (Wildman–Crippen MR) is 51.2 cm³/mol. The van der Waals surface area contributed by atoms with Crippen molar-refractivity contribution in [3.05, 3.63) is 16.3 Å². The predicted octanol–water partition coefficient (Wildman–Crippen LogP) is 2.41. The molecule has 4 heteroatoms. The van der Waals surface area contributed by atoms with E-state index in [4.69, 9.17) is 4.74 Å². The maximum Gasteiger partial charge on any atom is 0.352 e. The molecule has 1 N–H and O–H groups in total. The second-order valence-electron chi connectivity index (χ2n) is 3.64. The van der Waals surface area contributed by atoms with E-state index in [-0.39, 0.29) is 10.6 Å². The Morgan fingerprint density at radius 1 is 1.54 bits per heavy atom. The summed E-state index contributed by atoms with van der Waals surface area (Å²) in [6, 6.07) is 1.48. The molecule has 72 valence electrons. The molecule has 3 nitrogen and oxygen atoms in total. The van der Waals surface area contributed by atoms with Crippen LogP contribution >= 0.6 is 11.3 Å². The maximum absolute atomic E-state index is 11.4. The molecule has 0 amide bonds. The summed E-state index contributed by atoms with van der Waals surface area (Å²) < 4.78 is 5.07. The first kappa shape index (κ1) is 10.1. The quantitative estimate of drug-likeness (QED) is 0.708. The first-order valence-corrected chi connectivity index (χ1v) is 4.78. The smallest absolute Gasteiger partial charge is 0.352 e. The van der Waals surface area contributed by atoms with Crippen molar-refractivity contribution >= 4 is 17.3 Å². The third kappa shape index (κ3) is 2.73. The van der Waals surface area contributed by atoms with E-state index in [0.717, 1.165) is 0 Å². The zero-order valence-corrected chi connectivity index (χ0v) is 8.64. The fourth-order valence-corrected chi connectivity index (χ4v) is 1.44. The normalized spacial score (nSPS) is 11.3. The average molecular weight is 200 g/mol. The highest BCUT2D eigenvalue weighted by Gasteiger charge is 2.21. The van der Waals surface area contributed by atoms with Gasteiger partial charge in [0.05, 0.1) is 0 Å². The molecule has 0 unspecified atom stereocenters. The van der Waals surface area contributed by atoms with E-state index in [1.807, 2.05) is 0 Å². The number of esters is 1. The molecule has 0 atom stereocenters. The Labute approximate surface area is 81.0 Å². The van der Waals surface area contributed by atoms with E-state index < -0.39 is 11.6 Å². The Balaban J connectivity index is 2.76. The first-order valence-electron chi connectivity index (χ1n) is 3.90. The van der Waals surface area contributed by atoms with Gasteiger partial charge in [0.25, 0.3) is 0 Å². The molecule has 0 radical (unpaired) electrons. The second-order valence-corrected chi connectivity index (χ2v) is 4.55. The first-order chi connectivity index (χ1) is 5.90. The van der Waals surface area contributed by atoms with Crippen LogP contribution in [0, 0.1) is 0 Å². The fraction of sp³-hybridized carbons (Fsp3) is 0.444. The van der Waals surface area contributed by atoms with Crippen LogP contribution in [0.3, 0.4) is 0 Å². The van der Waals surface area contributed by atoms with Crippen LogP contribution in [-0.4, -0.2) is 16.7 Å².